The van der Waals surface area contributed by atoms with Crippen LogP contribution < -0.4 is 16.3 Å². The van der Waals surface area contributed by atoms with Gasteiger partial charge in [-0.3, -0.25) is 15.0 Å². The Hall–Kier alpha value is -2.55. The molecule has 2 amide bonds. The Labute approximate surface area is 135 Å². The number of rotatable bonds is 5. The molecule has 7 nitrogen and oxygen atoms in total. The molecule has 1 atom stereocenters. The first-order valence-corrected chi connectivity index (χ1v) is 7.71. The molecular weight excluding hydrogens is 318 g/mol. The number of nitrogens with one attached hydrogen (secondary N) is 3. The van der Waals surface area contributed by atoms with Crippen LogP contribution in [-0.2, 0) is 25.0 Å². The second kappa shape index (κ2) is 8.18. The van der Waals surface area contributed by atoms with Crippen LogP contribution in [0.1, 0.15) is 5.56 Å². The van der Waals surface area contributed by atoms with Crippen LogP contribution in [0.5, 0.6) is 0 Å². The summed E-state index contributed by atoms with van der Waals surface area (Å²) in [6.07, 6.45) is 0. The molecule has 8 heteroatoms. The van der Waals surface area contributed by atoms with E-state index in [1.54, 1.807) is 54.6 Å². The van der Waals surface area contributed by atoms with E-state index in [1.165, 1.54) is 0 Å². The molecule has 2 rings (SSSR count). The van der Waals surface area contributed by atoms with E-state index in [9.17, 15) is 13.8 Å². The van der Waals surface area contributed by atoms with E-state index in [-0.39, 0.29) is 0 Å². The third-order valence-electron chi connectivity index (χ3n) is 2.73. The van der Waals surface area contributed by atoms with Crippen LogP contribution in [0.25, 0.3) is 0 Å². The molecule has 2 aromatic carbocycles. The fourth-order valence-electron chi connectivity index (χ4n) is 1.57. The summed E-state index contributed by atoms with van der Waals surface area (Å²) in [6, 6.07) is 15.3. The highest BCUT2D eigenvalue weighted by Crippen LogP contribution is 2.08. The highest BCUT2D eigenvalue weighted by molar-refractivity contribution is 7.80. The molecule has 0 spiro atoms. The summed E-state index contributed by atoms with van der Waals surface area (Å²) in [5.74, 6) is -1.86. The zero-order valence-corrected chi connectivity index (χ0v) is 13.1. The number of amides is 2. The predicted molar refractivity (Wildman–Crippen MR) is 85.0 cm³/mol. The van der Waals surface area contributed by atoms with Crippen LogP contribution in [0.4, 0.5) is 5.69 Å². The lowest BCUT2D eigenvalue weighted by molar-refractivity contribution is -0.138. The molecule has 2 aromatic rings. The van der Waals surface area contributed by atoms with E-state index in [1.807, 2.05) is 17.9 Å². The van der Waals surface area contributed by atoms with Crippen molar-refractivity contribution in [1.29, 1.82) is 0 Å². The minimum atomic E-state index is -1.82. The SMILES string of the molecule is Cc1ccc(S(=O)ONNC(=O)C(=O)Nc2ccccc2)cc1. The molecule has 0 fully saturated rings. The fraction of sp³-hybridized carbons (Fsp3) is 0.0667. The van der Waals surface area contributed by atoms with Crippen molar-refractivity contribution in [2.45, 2.75) is 11.8 Å². The zero-order chi connectivity index (χ0) is 16.7. The summed E-state index contributed by atoms with van der Waals surface area (Å²) in [5, 5.41) is 2.40. The van der Waals surface area contributed by atoms with Gasteiger partial charge >= 0.3 is 11.8 Å². The molecule has 120 valence electrons. The van der Waals surface area contributed by atoms with Crippen molar-refractivity contribution in [3.05, 3.63) is 60.2 Å². The van der Waals surface area contributed by atoms with E-state index in [2.05, 4.69) is 5.32 Å². The van der Waals surface area contributed by atoms with Crippen molar-refractivity contribution < 1.29 is 18.1 Å². The van der Waals surface area contributed by atoms with Crippen LogP contribution in [0.3, 0.4) is 0 Å². The number of para-hydroxylation sites is 1. The number of carbonyl (C=O) groups is 2. The summed E-state index contributed by atoms with van der Waals surface area (Å²) in [7, 11) is 0. The Bertz CT molecular complexity index is 704. The van der Waals surface area contributed by atoms with Gasteiger partial charge in [-0.15, -0.1) is 0 Å². The summed E-state index contributed by atoms with van der Waals surface area (Å²) in [4.78, 5) is 23.6. The van der Waals surface area contributed by atoms with Crippen molar-refractivity contribution in [3.63, 3.8) is 0 Å². The zero-order valence-electron chi connectivity index (χ0n) is 12.2. The van der Waals surface area contributed by atoms with E-state index in [0.717, 1.165) is 5.56 Å². The highest BCUT2D eigenvalue weighted by atomic mass is 32.2. The minimum Gasteiger partial charge on any atom is -0.318 e. The first-order chi connectivity index (χ1) is 11.1. The number of benzene rings is 2. The molecule has 3 N–H and O–H groups in total. The third kappa shape index (κ3) is 5.29. The second-order valence-corrected chi connectivity index (χ2v) is 5.61. The Kier molecular flexibility index (Phi) is 5.98. The standard InChI is InChI=1S/C15H15N3O4S/c1-11-7-9-13(10-8-11)23(21)22-18-17-15(20)14(19)16-12-5-3-2-4-6-12/h2-10,18H,1H3,(H,16,19)(H,17,20). The van der Waals surface area contributed by atoms with Crippen molar-refractivity contribution in [2.24, 2.45) is 0 Å². The molecule has 0 heterocycles. The molecule has 0 bridgehead atoms. The van der Waals surface area contributed by atoms with Crippen molar-refractivity contribution in [2.75, 3.05) is 5.32 Å². The molecule has 0 aliphatic rings. The largest absolute Gasteiger partial charge is 0.325 e. The number of carbonyl (C=O) groups excluding carboxylic acids is 2. The maximum atomic E-state index is 11.8. The van der Waals surface area contributed by atoms with Gasteiger partial charge < -0.3 is 5.32 Å². The summed E-state index contributed by atoms with van der Waals surface area (Å²) >= 11 is -1.82. The van der Waals surface area contributed by atoms with Crippen LogP contribution in [0.15, 0.2) is 59.5 Å². The van der Waals surface area contributed by atoms with Gasteiger partial charge in [0.1, 0.15) is 0 Å². The van der Waals surface area contributed by atoms with Crippen LogP contribution in [0.2, 0.25) is 0 Å². The van der Waals surface area contributed by atoms with Crippen molar-refractivity contribution in [3.8, 4) is 0 Å². The monoisotopic (exact) mass is 333 g/mol. The predicted octanol–water partition coefficient (Wildman–Crippen LogP) is 1.21. The lowest BCUT2D eigenvalue weighted by Crippen LogP contribution is -2.44. The van der Waals surface area contributed by atoms with Gasteiger partial charge in [0.05, 0.1) is 4.90 Å². The lowest BCUT2D eigenvalue weighted by Gasteiger charge is -2.07. The minimum absolute atomic E-state index is 0.422. The van der Waals surface area contributed by atoms with Crippen LogP contribution in [-0.4, -0.2) is 16.0 Å². The topological polar surface area (TPSA) is 96.5 Å². The maximum absolute atomic E-state index is 11.8. The quantitative estimate of drug-likeness (QED) is 0.564. The number of aryl methyl sites for hydroxylation is 1. The third-order valence-corrected chi connectivity index (χ3v) is 3.63. The van der Waals surface area contributed by atoms with Gasteiger partial charge in [-0.05, 0) is 31.2 Å². The number of anilines is 1. The summed E-state index contributed by atoms with van der Waals surface area (Å²) in [6.45, 7) is 1.90. The Morgan fingerprint density at radius 3 is 2.26 bits per heavy atom. The van der Waals surface area contributed by atoms with Crippen LogP contribution in [0, 0.1) is 6.92 Å². The normalized spacial score (nSPS) is 11.5. The number of hydrogen-bond donors (Lipinski definition) is 3. The number of hydrogen-bond acceptors (Lipinski definition) is 5. The molecule has 23 heavy (non-hydrogen) atoms. The molecule has 0 aliphatic heterocycles. The first-order valence-electron chi connectivity index (χ1n) is 6.63. The van der Waals surface area contributed by atoms with Gasteiger partial charge in [-0.2, -0.15) is 4.28 Å². The molecule has 0 radical (unpaired) electrons. The van der Waals surface area contributed by atoms with Gasteiger partial charge in [-0.1, -0.05) is 41.5 Å². The second-order valence-electron chi connectivity index (χ2n) is 4.51. The average Bonchev–Trinajstić information content (AvgIpc) is 2.56. The Morgan fingerprint density at radius 2 is 1.61 bits per heavy atom. The molecule has 0 saturated carbocycles. The van der Waals surface area contributed by atoms with Gasteiger partial charge in [0.15, 0.2) is 0 Å². The van der Waals surface area contributed by atoms with Gasteiger partial charge in [0.2, 0.25) is 11.1 Å². The van der Waals surface area contributed by atoms with Crippen molar-refractivity contribution >= 4 is 28.6 Å². The van der Waals surface area contributed by atoms with E-state index >= 15 is 0 Å². The van der Waals surface area contributed by atoms with E-state index in [0.29, 0.717) is 10.6 Å². The van der Waals surface area contributed by atoms with Crippen molar-refractivity contribution in [1.82, 2.24) is 11.0 Å². The summed E-state index contributed by atoms with van der Waals surface area (Å²) < 4.78 is 16.5. The fourth-order valence-corrected chi connectivity index (χ4v) is 2.14. The van der Waals surface area contributed by atoms with Gasteiger partial charge in [-0.25, -0.2) is 4.21 Å². The average molecular weight is 333 g/mol. The van der Waals surface area contributed by atoms with E-state index in [4.69, 9.17) is 4.28 Å². The van der Waals surface area contributed by atoms with E-state index < -0.39 is 22.9 Å². The molecule has 0 aliphatic carbocycles. The molecule has 0 aromatic heterocycles. The van der Waals surface area contributed by atoms with Crippen LogP contribution >= 0.6 is 0 Å². The molecule has 1 unspecified atom stereocenters. The smallest absolute Gasteiger partial charge is 0.318 e. The Balaban J connectivity index is 1.77. The van der Waals surface area contributed by atoms with Gasteiger partial charge in [0.25, 0.3) is 0 Å². The molecule has 0 saturated heterocycles. The lowest BCUT2D eigenvalue weighted by atomic mass is 10.2. The first kappa shape index (κ1) is 16.8. The molecular formula is C15H15N3O4S. The van der Waals surface area contributed by atoms with Gasteiger partial charge in [0, 0.05) is 5.69 Å². The highest BCUT2D eigenvalue weighted by Gasteiger charge is 2.14. The number of hydrazine groups is 1. The summed E-state index contributed by atoms with van der Waals surface area (Å²) in [5.41, 5.74) is 5.50. The Morgan fingerprint density at radius 1 is 0.957 bits per heavy atom. The maximum Gasteiger partial charge on any atom is 0.325 e.